The van der Waals surface area contributed by atoms with Crippen molar-refractivity contribution < 1.29 is 9.13 Å². The Kier molecular flexibility index (Phi) is 3.87. The van der Waals surface area contributed by atoms with Gasteiger partial charge in [-0.15, -0.1) is 11.6 Å². The van der Waals surface area contributed by atoms with Gasteiger partial charge < -0.3 is 4.74 Å². The third kappa shape index (κ3) is 2.65. The molecule has 1 nitrogen and oxygen atoms in total. The van der Waals surface area contributed by atoms with Crippen LogP contribution in [0.25, 0.3) is 0 Å². The molecule has 0 aromatic heterocycles. The highest BCUT2D eigenvalue weighted by molar-refractivity contribution is 6.22. The molecule has 3 heteroatoms. The summed E-state index contributed by atoms with van der Waals surface area (Å²) in [4.78, 5) is 0. The molecule has 0 amide bonds. The van der Waals surface area contributed by atoms with E-state index >= 15 is 0 Å². The van der Waals surface area contributed by atoms with E-state index < -0.39 is 5.38 Å². The quantitative estimate of drug-likeness (QED) is 0.743. The van der Waals surface area contributed by atoms with Crippen molar-refractivity contribution in [2.45, 2.75) is 12.3 Å². The van der Waals surface area contributed by atoms with Crippen LogP contribution in [-0.2, 0) is 0 Å². The van der Waals surface area contributed by atoms with E-state index in [1.54, 1.807) is 13.2 Å². The summed E-state index contributed by atoms with van der Waals surface area (Å²) in [6.07, 6.45) is 0. The predicted molar refractivity (Wildman–Crippen MR) is 71.8 cm³/mol. The molecular weight excluding hydrogens is 251 g/mol. The van der Waals surface area contributed by atoms with Gasteiger partial charge in [0, 0.05) is 5.56 Å². The highest BCUT2D eigenvalue weighted by atomic mass is 35.5. The molecule has 0 bridgehead atoms. The lowest BCUT2D eigenvalue weighted by Gasteiger charge is -2.12. The average molecular weight is 265 g/mol. The highest BCUT2D eigenvalue weighted by Crippen LogP contribution is 2.31. The Balaban J connectivity index is 2.31. The molecule has 0 fully saturated rings. The van der Waals surface area contributed by atoms with E-state index in [9.17, 15) is 4.39 Å². The number of ether oxygens (including phenoxy) is 1. The first kappa shape index (κ1) is 12.9. The van der Waals surface area contributed by atoms with Gasteiger partial charge in [-0.05, 0) is 36.2 Å². The van der Waals surface area contributed by atoms with Gasteiger partial charge in [-0.25, -0.2) is 4.39 Å². The molecule has 0 saturated carbocycles. The number of methoxy groups -OCH3 is 1. The monoisotopic (exact) mass is 264 g/mol. The van der Waals surface area contributed by atoms with Crippen LogP contribution in [-0.4, -0.2) is 7.11 Å². The molecule has 0 radical (unpaired) electrons. The van der Waals surface area contributed by atoms with Crippen molar-refractivity contribution in [3.05, 3.63) is 65.0 Å². The predicted octanol–water partition coefficient (Wildman–Crippen LogP) is 4.47. The lowest BCUT2D eigenvalue weighted by molar-refractivity contribution is 0.414. The fourth-order valence-electron chi connectivity index (χ4n) is 1.79. The molecule has 0 heterocycles. The number of rotatable bonds is 3. The maximum atomic E-state index is 13.8. The second-order valence-electron chi connectivity index (χ2n) is 4.16. The van der Waals surface area contributed by atoms with Crippen molar-refractivity contribution in [2.75, 3.05) is 7.11 Å². The number of hydrogen-bond donors (Lipinski definition) is 0. The zero-order valence-corrected chi connectivity index (χ0v) is 11.0. The first-order valence-corrected chi connectivity index (χ1v) is 6.09. The van der Waals surface area contributed by atoms with Gasteiger partial charge >= 0.3 is 0 Å². The largest absolute Gasteiger partial charge is 0.497 e. The molecule has 2 aromatic carbocycles. The molecule has 1 unspecified atom stereocenters. The molecule has 18 heavy (non-hydrogen) atoms. The van der Waals surface area contributed by atoms with Crippen molar-refractivity contribution in [1.82, 2.24) is 0 Å². The molecular formula is C15H14ClFO. The van der Waals surface area contributed by atoms with Gasteiger partial charge in [0.1, 0.15) is 11.6 Å². The van der Waals surface area contributed by atoms with E-state index in [2.05, 4.69) is 0 Å². The molecule has 2 aromatic rings. The van der Waals surface area contributed by atoms with Gasteiger partial charge in [-0.1, -0.05) is 24.3 Å². The van der Waals surface area contributed by atoms with Crippen molar-refractivity contribution in [3.63, 3.8) is 0 Å². The van der Waals surface area contributed by atoms with Crippen LogP contribution in [0.5, 0.6) is 5.75 Å². The number of halogens is 2. The summed E-state index contributed by atoms with van der Waals surface area (Å²) in [5.41, 5.74) is 2.22. The molecule has 0 aliphatic heterocycles. The van der Waals surface area contributed by atoms with Crippen LogP contribution in [0.2, 0.25) is 0 Å². The summed E-state index contributed by atoms with van der Waals surface area (Å²) in [6.45, 7) is 1.85. The molecule has 0 aliphatic carbocycles. The normalized spacial score (nSPS) is 12.2. The fourth-order valence-corrected chi connectivity index (χ4v) is 2.11. The van der Waals surface area contributed by atoms with Gasteiger partial charge in [0.2, 0.25) is 0 Å². The summed E-state index contributed by atoms with van der Waals surface area (Å²) in [5, 5.41) is -0.489. The molecule has 0 spiro atoms. The Morgan fingerprint density at radius 1 is 1.11 bits per heavy atom. The zero-order valence-electron chi connectivity index (χ0n) is 10.3. The third-order valence-corrected chi connectivity index (χ3v) is 3.32. The van der Waals surface area contributed by atoms with Crippen LogP contribution in [0.3, 0.4) is 0 Å². The Bertz CT molecular complexity index is 537. The van der Waals surface area contributed by atoms with Crippen molar-refractivity contribution in [1.29, 1.82) is 0 Å². The molecule has 1 atom stereocenters. The van der Waals surface area contributed by atoms with Gasteiger partial charge in [-0.2, -0.15) is 0 Å². The summed E-state index contributed by atoms with van der Waals surface area (Å²) in [7, 11) is 1.60. The smallest absolute Gasteiger partial charge is 0.128 e. The molecule has 0 aliphatic rings. The van der Waals surface area contributed by atoms with Crippen molar-refractivity contribution >= 4 is 11.6 Å². The number of hydrogen-bond acceptors (Lipinski definition) is 1. The van der Waals surface area contributed by atoms with Crippen LogP contribution in [0, 0.1) is 12.7 Å². The lowest BCUT2D eigenvalue weighted by atomic mass is 10.0. The fraction of sp³-hybridized carbons (Fsp3) is 0.200. The summed E-state index contributed by atoms with van der Waals surface area (Å²) in [5.74, 6) is 0.484. The van der Waals surface area contributed by atoms with Gasteiger partial charge in [0.05, 0.1) is 12.5 Å². The topological polar surface area (TPSA) is 9.23 Å². The van der Waals surface area contributed by atoms with E-state index in [0.717, 1.165) is 16.9 Å². The minimum atomic E-state index is -0.489. The number of alkyl halides is 1. The summed E-state index contributed by atoms with van der Waals surface area (Å²) >= 11 is 6.30. The van der Waals surface area contributed by atoms with E-state index in [1.807, 2.05) is 37.3 Å². The first-order chi connectivity index (χ1) is 8.61. The minimum absolute atomic E-state index is 0.272. The average Bonchev–Trinajstić information content (AvgIpc) is 2.38. The summed E-state index contributed by atoms with van der Waals surface area (Å²) in [6, 6.07) is 12.4. The SMILES string of the molecule is COc1ccc(C(Cl)c2ccc(C)cc2F)cc1. The van der Waals surface area contributed by atoms with Gasteiger partial charge in [-0.3, -0.25) is 0 Å². The first-order valence-electron chi connectivity index (χ1n) is 5.66. The van der Waals surface area contributed by atoms with E-state index in [-0.39, 0.29) is 5.82 Å². The van der Waals surface area contributed by atoms with Crippen LogP contribution >= 0.6 is 11.6 Å². The van der Waals surface area contributed by atoms with Crippen LogP contribution in [0.1, 0.15) is 22.1 Å². The Morgan fingerprint density at radius 2 is 1.78 bits per heavy atom. The second kappa shape index (κ2) is 5.40. The molecule has 2 rings (SSSR count). The summed E-state index contributed by atoms with van der Waals surface area (Å²) < 4.78 is 18.9. The number of aryl methyl sites for hydroxylation is 1. The third-order valence-electron chi connectivity index (χ3n) is 2.84. The highest BCUT2D eigenvalue weighted by Gasteiger charge is 2.15. The van der Waals surface area contributed by atoms with Gasteiger partial charge in [0.15, 0.2) is 0 Å². The second-order valence-corrected chi connectivity index (χ2v) is 4.60. The van der Waals surface area contributed by atoms with Crippen LogP contribution < -0.4 is 4.74 Å². The molecule has 0 N–H and O–H groups in total. The maximum Gasteiger partial charge on any atom is 0.128 e. The van der Waals surface area contributed by atoms with Crippen LogP contribution in [0.15, 0.2) is 42.5 Å². The van der Waals surface area contributed by atoms with Crippen molar-refractivity contribution in [2.24, 2.45) is 0 Å². The standard InChI is InChI=1S/C15H14ClFO/c1-10-3-8-13(14(17)9-10)15(16)11-4-6-12(18-2)7-5-11/h3-9,15H,1-2H3. The van der Waals surface area contributed by atoms with Crippen molar-refractivity contribution in [3.8, 4) is 5.75 Å². The molecule has 94 valence electrons. The molecule has 0 saturated heterocycles. The van der Waals surface area contributed by atoms with E-state index in [0.29, 0.717) is 5.56 Å². The Hall–Kier alpha value is -1.54. The van der Waals surface area contributed by atoms with E-state index in [1.165, 1.54) is 6.07 Å². The van der Waals surface area contributed by atoms with Gasteiger partial charge in [0.25, 0.3) is 0 Å². The maximum absolute atomic E-state index is 13.8. The minimum Gasteiger partial charge on any atom is -0.497 e. The Morgan fingerprint density at radius 3 is 2.33 bits per heavy atom. The zero-order chi connectivity index (χ0) is 13.1. The van der Waals surface area contributed by atoms with E-state index in [4.69, 9.17) is 16.3 Å². The number of benzene rings is 2. The Labute approximate surface area is 111 Å². The van der Waals surface area contributed by atoms with Crippen LogP contribution in [0.4, 0.5) is 4.39 Å². The lowest BCUT2D eigenvalue weighted by Crippen LogP contribution is -1.97.